The molecule has 1 saturated heterocycles. The second-order valence-electron chi connectivity index (χ2n) is 7.42. The molecule has 0 bridgehead atoms. The van der Waals surface area contributed by atoms with Gasteiger partial charge >= 0.3 is 0 Å². The predicted octanol–water partition coefficient (Wildman–Crippen LogP) is 4.50. The third kappa shape index (κ3) is 3.50. The van der Waals surface area contributed by atoms with Crippen molar-refractivity contribution in [1.29, 1.82) is 5.26 Å². The summed E-state index contributed by atoms with van der Waals surface area (Å²) in [5.41, 5.74) is 2.76. The third-order valence-corrected chi connectivity index (χ3v) is 5.52. The van der Waals surface area contributed by atoms with Crippen LogP contribution in [0.15, 0.2) is 78.4 Å². The van der Waals surface area contributed by atoms with Crippen LogP contribution in [-0.2, 0) is 9.59 Å². The lowest BCUT2D eigenvalue weighted by molar-refractivity contribution is -0.132. The SMILES string of the molecule is COc1ccc(/C(O)=C2/C(=O)C(=O)N(c3ccc(C#N)cc3)C2c2ccccc2)c(C)c1. The van der Waals surface area contributed by atoms with E-state index < -0.39 is 17.7 Å². The molecule has 1 aliphatic rings. The van der Waals surface area contributed by atoms with Gasteiger partial charge in [0, 0.05) is 11.3 Å². The Morgan fingerprint density at radius 2 is 1.72 bits per heavy atom. The average Bonchev–Trinajstić information content (AvgIpc) is 3.09. The average molecular weight is 424 g/mol. The standard InChI is InChI=1S/C26H20N2O4/c1-16-14-20(32-2)12-13-21(16)24(29)22-23(18-6-4-3-5-7-18)28(26(31)25(22)30)19-10-8-17(15-27)9-11-19/h3-14,23,29H,1-2H3/b24-22-. The van der Waals surface area contributed by atoms with E-state index in [1.54, 1.807) is 68.6 Å². The topological polar surface area (TPSA) is 90.6 Å². The maximum atomic E-state index is 13.2. The maximum absolute atomic E-state index is 13.2. The number of nitriles is 1. The Bertz CT molecular complexity index is 1270. The second-order valence-corrected chi connectivity index (χ2v) is 7.42. The molecule has 3 aromatic carbocycles. The van der Waals surface area contributed by atoms with E-state index in [1.165, 1.54) is 4.90 Å². The number of rotatable bonds is 4. The van der Waals surface area contributed by atoms with Gasteiger partial charge in [-0.2, -0.15) is 5.26 Å². The summed E-state index contributed by atoms with van der Waals surface area (Å²) in [4.78, 5) is 27.6. The molecule has 0 radical (unpaired) electrons. The molecule has 1 fully saturated rings. The van der Waals surface area contributed by atoms with E-state index in [1.807, 2.05) is 24.3 Å². The Kier molecular flexibility index (Phi) is 5.48. The number of methoxy groups -OCH3 is 1. The van der Waals surface area contributed by atoms with Crippen LogP contribution < -0.4 is 9.64 Å². The molecule has 32 heavy (non-hydrogen) atoms. The number of aliphatic hydroxyl groups excluding tert-OH is 1. The van der Waals surface area contributed by atoms with E-state index in [-0.39, 0.29) is 11.3 Å². The van der Waals surface area contributed by atoms with Crippen molar-refractivity contribution in [2.24, 2.45) is 0 Å². The summed E-state index contributed by atoms with van der Waals surface area (Å²) >= 11 is 0. The van der Waals surface area contributed by atoms with Gasteiger partial charge in [0.25, 0.3) is 11.7 Å². The van der Waals surface area contributed by atoms with Gasteiger partial charge in [0.2, 0.25) is 0 Å². The fourth-order valence-electron chi connectivity index (χ4n) is 3.92. The number of aliphatic hydroxyl groups is 1. The number of ether oxygens (including phenoxy) is 1. The van der Waals surface area contributed by atoms with Gasteiger partial charge < -0.3 is 9.84 Å². The summed E-state index contributed by atoms with van der Waals surface area (Å²) in [6.45, 7) is 1.80. The summed E-state index contributed by atoms with van der Waals surface area (Å²) in [5, 5.41) is 20.3. The van der Waals surface area contributed by atoms with E-state index in [4.69, 9.17) is 10.00 Å². The van der Waals surface area contributed by atoms with E-state index in [0.717, 1.165) is 0 Å². The zero-order chi connectivity index (χ0) is 22.8. The van der Waals surface area contributed by atoms with Gasteiger partial charge in [0.15, 0.2) is 0 Å². The van der Waals surface area contributed by atoms with Crippen LogP contribution in [-0.4, -0.2) is 23.9 Å². The molecule has 1 aliphatic heterocycles. The minimum atomic E-state index is -0.814. The molecule has 1 heterocycles. The third-order valence-electron chi connectivity index (χ3n) is 5.52. The van der Waals surface area contributed by atoms with Crippen molar-refractivity contribution in [2.45, 2.75) is 13.0 Å². The number of aryl methyl sites for hydroxylation is 1. The lowest BCUT2D eigenvalue weighted by Gasteiger charge is -2.25. The Morgan fingerprint density at radius 1 is 1.03 bits per heavy atom. The highest BCUT2D eigenvalue weighted by Gasteiger charge is 2.47. The number of nitrogens with zero attached hydrogens (tertiary/aromatic N) is 2. The quantitative estimate of drug-likeness (QED) is 0.378. The van der Waals surface area contributed by atoms with Crippen molar-refractivity contribution >= 4 is 23.1 Å². The molecule has 0 aromatic heterocycles. The van der Waals surface area contributed by atoms with Crippen molar-refractivity contribution in [3.05, 3.63) is 101 Å². The first kappa shape index (κ1) is 20.9. The van der Waals surface area contributed by atoms with Crippen LogP contribution in [0.4, 0.5) is 5.69 Å². The number of Topliss-reactive ketones (excluding diaryl/α,β-unsaturated/α-hetero) is 1. The van der Waals surface area contributed by atoms with Gasteiger partial charge in [0.1, 0.15) is 11.5 Å². The fourth-order valence-corrected chi connectivity index (χ4v) is 3.92. The number of benzene rings is 3. The summed E-state index contributed by atoms with van der Waals surface area (Å²) in [7, 11) is 1.55. The molecule has 3 aromatic rings. The highest BCUT2D eigenvalue weighted by atomic mass is 16.5. The number of hydrogen-bond acceptors (Lipinski definition) is 5. The molecule has 0 saturated carbocycles. The first-order valence-corrected chi connectivity index (χ1v) is 9.97. The van der Waals surface area contributed by atoms with E-state index in [2.05, 4.69) is 0 Å². The van der Waals surface area contributed by atoms with Gasteiger partial charge in [0.05, 0.1) is 30.4 Å². The first-order valence-electron chi connectivity index (χ1n) is 9.97. The van der Waals surface area contributed by atoms with Crippen LogP contribution in [0, 0.1) is 18.3 Å². The van der Waals surface area contributed by atoms with Gasteiger partial charge in [-0.05, 0) is 60.5 Å². The highest BCUT2D eigenvalue weighted by Crippen LogP contribution is 2.42. The van der Waals surface area contributed by atoms with Crippen LogP contribution in [0.2, 0.25) is 0 Å². The fraction of sp³-hybridized carbons (Fsp3) is 0.115. The van der Waals surface area contributed by atoms with E-state index in [0.29, 0.717) is 33.7 Å². The number of ketones is 1. The summed E-state index contributed by atoms with van der Waals surface area (Å²) in [6.07, 6.45) is 0. The summed E-state index contributed by atoms with van der Waals surface area (Å²) < 4.78 is 5.23. The Hall–Kier alpha value is -4.37. The molecular weight excluding hydrogens is 404 g/mol. The number of carbonyl (C=O) groups is 2. The molecular formula is C26H20N2O4. The normalized spacial score (nSPS) is 17.3. The number of anilines is 1. The highest BCUT2D eigenvalue weighted by molar-refractivity contribution is 6.51. The van der Waals surface area contributed by atoms with E-state index in [9.17, 15) is 14.7 Å². The number of carbonyl (C=O) groups excluding carboxylic acids is 2. The van der Waals surface area contributed by atoms with Crippen LogP contribution in [0.3, 0.4) is 0 Å². The van der Waals surface area contributed by atoms with Crippen molar-refractivity contribution in [2.75, 3.05) is 12.0 Å². The first-order chi connectivity index (χ1) is 15.5. The summed E-state index contributed by atoms with van der Waals surface area (Å²) in [6, 6.07) is 21.8. The lowest BCUT2D eigenvalue weighted by atomic mass is 9.93. The van der Waals surface area contributed by atoms with Gasteiger partial charge in [-0.3, -0.25) is 14.5 Å². The zero-order valence-corrected chi connectivity index (χ0v) is 17.6. The molecule has 1 amide bonds. The predicted molar refractivity (Wildman–Crippen MR) is 120 cm³/mol. The molecule has 6 nitrogen and oxygen atoms in total. The molecule has 1 unspecified atom stereocenters. The molecule has 1 N–H and O–H groups in total. The van der Waals surface area contributed by atoms with Crippen LogP contribution in [0.1, 0.15) is 28.3 Å². The monoisotopic (exact) mass is 424 g/mol. The van der Waals surface area contributed by atoms with Gasteiger partial charge in [-0.25, -0.2) is 0 Å². The maximum Gasteiger partial charge on any atom is 0.300 e. The van der Waals surface area contributed by atoms with E-state index >= 15 is 0 Å². The van der Waals surface area contributed by atoms with Crippen LogP contribution in [0.25, 0.3) is 5.76 Å². The molecule has 1 atom stereocenters. The van der Waals surface area contributed by atoms with Crippen molar-refractivity contribution in [3.63, 3.8) is 0 Å². The van der Waals surface area contributed by atoms with Crippen molar-refractivity contribution in [1.82, 2.24) is 0 Å². The minimum absolute atomic E-state index is 0.0128. The molecule has 4 rings (SSSR count). The smallest absolute Gasteiger partial charge is 0.300 e. The number of amides is 1. The molecule has 158 valence electrons. The van der Waals surface area contributed by atoms with Gasteiger partial charge in [-0.1, -0.05) is 30.3 Å². The molecule has 6 heteroatoms. The van der Waals surface area contributed by atoms with Crippen LogP contribution >= 0.6 is 0 Å². The minimum Gasteiger partial charge on any atom is -0.507 e. The largest absolute Gasteiger partial charge is 0.507 e. The second kappa shape index (κ2) is 8.40. The Balaban J connectivity index is 1.93. The Morgan fingerprint density at radius 3 is 2.31 bits per heavy atom. The Labute approximate surface area is 185 Å². The molecule has 0 aliphatic carbocycles. The van der Waals surface area contributed by atoms with Gasteiger partial charge in [-0.15, -0.1) is 0 Å². The lowest BCUT2D eigenvalue weighted by Crippen LogP contribution is -2.29. The number of hydrogen-bond donors (Lipinski definition) is 1. The van der Waals surface area contributed by atoms with Crippen molar-refractivity contribution < 1.29 is 19.4 Å². The zero-order valence-electron chi connectivity index (χ0n) is 17.6. The summed E-state index contributed by atoms with van der Waals surface area (Å²) in [5.74, 6) is -1.13. The molecule has 0 spiro atoms. The van der Waals surface area contributed by atoms with Crippen LogP contribution in [0.5, 0.6) is 5.75 Å². The van der Waals surface area contributed by atoms with Crippen molar-refractivity contribution in [3.8, 4) is 11.8 Å².